The number of carbonyl (C=O) groups is 1. The van der Waals surface area contributed by atoms with Crippen LogP contribution in [0.2, 0.25) is 0 Å². The van der Waals surface area contributed by atoms with Gasteiger partial charge >= 0.3 is 6.36 Å². The fourth-order valence-electron chi connectivity index (χ4n) is 3.31. The maximum atomic E-state index is 12.8. The van der Waals surface area contributed by atoms with E-state index in [0.717, 1.165) is 23.1 Å². The minimum Gasteiger partial charge on any atom is -0.406 e. The summed E-state index contributed by atoms with van der Waals surface area (Å²) in [5.74, 6) is -0.210. The molecule has 1 heterocycles. The van der Waals surface area contributed by atoms with Crippen LogP contribution in [0.15, 0.2) is 59.2 Å². The summed E-state index contributed by atoms with van der Waals surface area (Å²) in [5, 5.41) is 0. The Morgan fingerprint density at radius 1 is 1.19 bits per heavy atom. The molecule has 6 heteroatoms. The van der Waals surface area contributed by atoms with Crippen LogP contribution in [0.4, 0.5) is 13.2 Å². The Kier molecular flexibility index (Phi) is 4.94. The molecule has 1 aromatic rings. The van der Waals surface area contributed by atoms with Crippen molar-refractivity contribution in [2.75, 3.05) is 6.54 Å². The standard InChI is InChI=1S/C20H20F3NO2/c1-13-3-5-14(2)18-16(8-4-13)12-24(19(18)25)11-15-6-9-17(10-7-15)26-20(21,22)23/h3-4,6-10,16H,5,11-12H2,1-2H3/b8-4?,13-3-,18-14+. The number of halogens is 3. The predicted octanol–water partition coefficient (Wildman–Crippen LogP) is 4.77. The van der Waals surface area contributed by atoms with Crippen molar-refractivity contribution in [3.63, 3.8) is 0 Å². The van der Waals surface area contributed by atoms with Gasteiger partial charge in [-0.25, -0.2) is 0 Å². The zero-order chi connectivity index (χ0) is 18.9. The van der Waals surface area contributed by atoms with Crippen molar-refractivity contribution in [2.45, 2.75) is 33.2 Å². The van der Waals surface area contributed by atoms with Crippen LogP contribution in [0.3, 0.4) is 0 Å². The molecule has 1 fully saturated rings. The van der Waals surface area contributed by atoms with Gasteiger partial charge in [0.1, 0.15) is 5.75 Å². The number of allylic oxidation sites excluding steroid dienone is 4. The first-order valence-corrected chi connectivity index (χ1v) is 8.41. The highest BCUT2D eigenvalue weighted by Gasteiger charge is 2.35. The van der Waals surface area contributed by atoms with Crippen molar-refractivity contribution < 1.29 is 22.7 Å². The van der Waals surface area contributed by atoms with E-state index < -0.39 is 6.36 Å². The minimum atomic E-state index is -4.71. The molecule has 1 aromatic carbocycles. The lowest BCUT2D eigenvalue weighted by Crippen LogP contribution is -2.25. The normalized spacial score (nSPS) is 25.4. The van der Waals surface area contributed by atoms with E-state index in [4.69, 9.17) is 0 Å². The quantitative estimate of drug-likeness (QED) is 0.774. The summed E-state index contributed by atoms with van der Waals surface area (Å²) < 4.78 is 40.6. The average molecular weight is 363 g/mol. The summed E-state index contributed by atoms with van der Waals surface area (Å²) >= 11 is 0. The fraction of sp³-hybridized carbons (Fsp3) is 0.350. The molecule has 1 saturated heterocycles. The summed E-state index contributed by atoms with van der Waals surface area (Å²) in [7, 11) is 0. The molecule has 0 aromatic heterocycles. The molecule has 1 atom stereocenters. The SMILES string of the molecule is C/C1=C/C/C(C)=C2/C(=O)N(Cc3ccc(OC(F)(F)F)cc3)CC2C=C1. The van der Waals surface area contributed by atoms with Gasteiger partial charge in [-0.1, -0.05) is 41.5 Å². The molecule has 3 nitrogen and oxygen atoms in total. The van der Waals surface area contributed by atoms with Crippen LogP contribution < -0.4 is 4.74 Å². The predicted molar refractivity (Wildman–Crippen MR) is 92.2 cm³/mol. The fourth-order valence-corrected chi connectivity index (χ4v) is 3.31. The summed E-state index contributed by atoms with van der Waals surface area (Å²) in [5.41, 5.74) is 3.84. The molecule has 3 rings (SSSR count). The molecule has 1 aliphatic carbocycles. The van der Waals surface area contributed by atoms with Crippen LogP contribution in [0.1, 0.15) is 25.8 Å². The van der Waals surface area contributed by atoms with Gasteiger partial charge in [-0.15, -0.1) is 13.2 Å². The molecule has 1 amide bonds. The van der Waals surface area contributed by atoms with Crippen molar-refractivity contribution >= 4 is 5.91 Å². The smallest absolute Gasteiger partial charge is 0.406 e. The average Bonchev–Trinajstić information content (AvgIpc) is 2.85. The number of benzene rings is 1. The van der Waals surface area contributed by atoms with Gasteiger partial charge in [0, 0.05) is 24.6 Å². The van der Waals surface area contributed by atoms with E-state index in [2.05, 4.69) is 16.9 Å². The van der Waals surface area contributed by atoms with Crippen LogP contribution >= 0.6 is 0 Å². The highest BCUT2D eigenvalue weighted by molar-refractivity contribution is 5.97. The number of rotatable bonds is 3. The molecule has 0 bridgehead atoms. The van der Waals surface area contributed by atoms with Crippen LogP contribution in [-0.2, 0) is 11.3 Å². The van der Waals surface area contributed by atoms with Crippen LogP contribution in [-0.4, -0.2) is 23.7 Å². The Hall–Kier alpha value is -2.50. The number of alkyl halides is 3. The summed E-state index contributed by atoms with van der Waals surface area (Å²) in [6.07, 6.45) is 2.25. The monoisotopic (exact) mass is 363 g/mol. The van der Waals surface area contributed by atoms with Crippen molar-refractivity contribution in [3.8, 4) is 5.75 Å². The van der Waals surface area contributed by atoms with E-state index in [1.54, 1.807) is 17.0 Å². The molecule has 0 saturated carbocycles. The van der Waals surface area contributed by atoms with Gasteiger partial charge in [0.15, 0.2) is 0 Å². The third kappa shape index (κ3) is 4.18. The first kappa shape index (κ1) is 18.3. The lowest BCUT2D eigenvalue weighted by molar-refractivity contribution is -0.274. The Morgan fingerprint density at radius 3 is 2.54 bits per heavy atom. The van der Waals surface area contributed by atoms with Crippen LogP contribution in [0, 0.1) is 5.92 Å². The van der Waals surface area contributed by atoms with Crippen LogP contribution in [0.5, 0.6) is 5.75 Å². The number of carbonyl (C=O) groups excluding carboxylic acids is 1. The number of hydrogen-bond acceptors (Lipinski definition) is 2. The van der Waals surface area contributed by atoms with Crippen molar-refractivity contribution in [2.24, 2.45) is 5.92 Å². The van der Waals surface area contributed by atoms with E-state index >= 15 is 0 Å². The molecule has 1 unspecified atom stereocenters. The number of hydrogen-bond donors (Lipinski definition) is 0. The maximum absolute atomic E-state index is 12.8. The minimum absolute atomic E-state index is 0.000668. The highest BCUT2D eigenvalue weighted by atomic mass is 19.4. The lowest BCUT2D eigenvalue weighted by atomic mass is 9.92. The van der Waals surface area contributed by atoms with Crippen molar-refractivity contribution in [3.05, 3.63) is 64.8 Å². The molecular formula is C20H20F3NO2. The molecule has 26 heavy (non-hydrogen) atoms. The van der Waals surface area contributed by atoms with Gasteiger partial charge in [-0.3, -0.25) is 4.79 Å². The van der Waals surface area contributed by atoms with Gasteiger partial charge < -0.3 is 9.64 Å². The molecule has 0 radical (unpaired) electrons. The van der Waals surface area contributed by atoms with Crippen molar-refractivity contribution in [1.29, 1.82) is 0 Å². The molecule has 0 N–H and O–H groups in total. The molecule has 1 aliphatic heterocycles. The van der Waals surface area contributed by atoms with Gasteiger partial charge in [-0.2, -0.15) is 0 Å². The second-order valence-electron chi connectivity index (χ2n) is 6.69. The van der Waals surface area contributed by atoms with Gasteiger partial charge in [0.2, 0.25) is 0 Å². The Labute approximate surface area is 150 Å². The number of fused-ring (bicyclic) bond motifs is 1. The van der Waals surface area contributed by atoms with E-state index in [9.17, 15) is 18.0 Å². The number of likely N-dealkylation sites (tertiary alicyclic amines) is 1. The zero-order valence-corrected chi connectivity index (χ0v) is 14.6. The third-order valence-corrected chi connectivity index (χ3v) is 4.62. The Bertz CT molecular complexity index is 788. The largest absolute Gasteiger partial charge is 0.573 e. The maximum Gasteiger partial charge on any atom is 0.573 e. The molecule has 2 aliphatic rings. The first-order valence-electron chi connectivity index (χ1n) is 8.41. The van der Waals surface area contributed by atoms with E-state index in [1.807, 2.05) is 19.9 Å². The Balaban J connectivity index is 1.74. The molecular weight excluding hydrogens is 343 g/mol. The van der Waals surface area contributed by atoms with Gasteiger partial charge in [0.25, 0.3) is 5.91 Å². The highest BCUT2D eigenvalue weighted by Crippen LogP contribution is 2.32. The topological polar surface area (TPSA) is 29.5 Å². The Morgan fingerprint density at radius 2 is 1.88 bits per heavy atom. The molecule has 0 spiro atoms. The third-order valence-electron chi connectivity index (χ3n) is 4.62. The lowest BCUT2D eigenvalue weighted by Gasteiger charge is -2.16. The van der Waals surface area contributed by atoms with E-state index in [1.165, 1.54) is 17.7 Å². The number of nitrogens with zero attached hydrogens (tertiary/aromatic N) is 1. The van der Waals surface area contributed by atoms with Crippen LogP contribution in [0.25, 0.3) is 0 Å². The zero-order valence-electron chi connectivity index (χ0n) is 14.6. The first-order chi connectivity index (χ1) is 12.2. The van der Waals surface area contributed by atoms with E-state index in [0.29, 0.717) is 13.1 Å². The summed E-state index contributed by atoms with van der Waals surface area (Å²) in [6.45, 7) is 4.96. The van der Waals surface area contributed by atoms with E-state index in [-0.39, 0.29) is 17.6 Å². The van der Waals surface area contributed by atoms with Crippen molar-refractivity contribution in [1.82, 2.24) is 4.90 Å². The summed E-state index contributed by atoms with van der Waals surface area (Å²) in [4.78, 5) is 14.5. The molecule has 138 valence electrons. The number of amides is 1. The van der Waals surface area contributed by atoms with Gasteiger partial charge in [-0.05, 0) is 38.0 Å². The second kappa shape index (κ2) is 7.02. The summed E-state index contributed by atoms with van der Waals surface area (Å²) in [6, 6.07) is 5.64. The second-order valence-corrected chi connectivity index (χ2v) is 6.69. The number of ether oxygens (including phenoxy) is 1. The van der Waals surface area contributed by atoms with Gasteiger partial charge in [0.05, 0.1) is 0 Å².